The summed E-state index contributed by atoms with van der Waals surface area (Å²) in [5.41, 5.74) is 10.5. The van der Waals surface area contributed by atoms with Crippen LogP contribution >= 0.6 is 0 Å². The second-order valence-electron chi connectivity index (χ2n) is 1.96. The predicted molar refractivity (Wildman–Crippen MR) is 40.4 cm³/mol. The van der Waals surface area contributed by atoms with Gasteiger partial charge in [-0.3, -0.25) is 0 Å². The normalized spacial score (nSPS) is 9.00. The van der Waals surface area contributed by atoms with Crippen molar-refractivity contribution in [1.82, 2.24) is 0 Å². The van der Waals surface area contributed by atoms with Crippen LogP contribution in [0, 0.1) is 0 Å². The molecular formula is C6H16N3Na. The van der Waals surface area contributed by atoms with Gasteiger partial charge in [0.25, 0.3) is 0 Å². The molecule has 0 aromatic carbocycles. The summed E-state index contributed by atoms with van der Waals surface area (Å²) >= 11 is 0. The summed E-state index contributed by atoms with van der Waals surface area (Å²) < 4.78 is 0. The Morgan fingerprint density at radius 1 is 0.900 bits per heavy atom. The zero-order valence-corrected chi connectivity index (χ0v) is 8.84. The van der Waals surface area contributed by atoms with Crippen molar-refractivity contribution < 1.29 is 29.6 Å². The third-order valence-corrected chi connectivity index (χ3v) is 1.04. The fraction of sp³-hybridized carbons (Fsp3) is 1.00. The topological polar surface area (TPSA) is 66.1 Å². The van der Waals surface area contributed by atoms with E-state index in [1.54, 1.807) is 0 Å². The van der Waals surface area contributed by atoms with Crippen molar-refractivity contribution in [1.29, 1.82) is 0 Å². The summed E-state index contributed by atoms with van der Waals surface area (Å²) in [7, 11) is 0. The van der Waals surface area contributed by atoms with Gasteiger partial charge in [-0.2, -0.15) is 0 Å². The minimum Gasteiger partial charge on any atom is -0.662 e. The Morgan fingerprint density at radius 2 is 1.30 bits per heavy atom. The average molecular weight is 153 g/mol. The van der Waals surface area contributed by atoms with Crippen molar-refractivity contribution in [2.75, 3.05) is 26.2 Å². The van der Waals surface area contributed by atoms with Crippen LogP contribution in [0.3, 0.4) is 0 Å². The van der Waals surface area contributed by atoms with Crippen LogP contribution in [0.1, 0.15) is 12.8 Å². The molecule has 0 bridgehead atoms. The van der Waals surface area contributed by atoms with Crippen LogP contribution in [0.4, 0.5) is 0 Å². The van der Waals surface area contributed by atoms with E-state index in [0.29, 0.717) is 0 Å². The van der Waals surface area contributed by atoms with Crippen molar-refractivity contribution >= 4 is 0 Å². The van der Waals surface area contributed by atoms with Gasteiger partial charge in [-0.1, -0.05) is 12.8 Å². The molecule has 0 spiro atoms. The van der Waals surface area contributed by atoms with Crippen LogP contribution < -0.4 is 41.0 Å². The van der Waals surface area contributed by atoms with E-state index in [2.05, 4.69) is 5.32 Å². The standard InChI is InChI=1S/C6H16N3.Na/c7-3-1-5-9-6-2-4-8;/h1-8H2;/q-1;+1. The van der Waals surface area contributed by atoms with Gasteiger partial charge >= 0.3 is 29.6 Å². The molecule has 0 atom stereocenters. The molecule has 0 saturated heterocycles. The molecule has 0 saturated carbocycles. The molecule has 0 radical (unpaired) electrons. The Bertz CT molecular complexity index is 46.3. The molecule has 4 N–H and O–H groups in total. The zero-order chi connectivity index (χ0) is 6.95. The first-order chi connectivity index (χ1) is 4.41. The first-order valence-corrected chi connectivity index (χ1v) is 3.45. The fourth-order valence-corrected chi connectivity index (χ4v) is 0.518. The second-order valence-corrected chi connectivity index (χ2v) is 1.96. The van der Waals surface area contributed by atoms with Gasteiger partial charge in [0, 0.05) is 0 Å². The third-order valence-electron chi connectivity index (χ3n) is 1.04. The largest absolute Gasteiger partial charge is 1.00 e. The van der Waals surface area contributed by atoms with Gasteiger partial charge < -0.3 is 16.8 Å². The molecule has 4 heteroatoms. The van der Waals surface area contributed by atoms with Gasteiger partial charge in [0.15, 0.2) is 0 Å². The van der Waals surface area contributed by atoms with Crippen LogP contribution in [-0.4, -0.2) is 26.2 Å². The Morgan fingerprint density at radius 3 is 1.60 bits per heavy atom. The third kappa shape index (κ3) is 11.6. The maximum Gasteiger partial charge on any atom is 1.00 e. The van der Waals surface area contributed by atoms with Crippen LogP contribution in [0.5, 0.6) is 0 Å². The number of nitrogens with zero attached hydrogens (tertiary/aromatic N) is 1. The molecule has 0 aliphatic carbocycles. The van der Waals surface area contributed by atoms with Crippen LogP contribution in [-0.2, 0) is 0 Å². The monoisotopic (exact) mass is 153 g/mol. The van der Waals surface area contributed by atoms with Crippen molar-refractivity contribution in [3.63, 3.8) is 0 Å². The van der Waals surface area contributed by atoms with Gasteiger partial charge in [-0.15, -0.1) is 13.1 Å². The van der Waals surface area contributed by atoms with E-state index < -0.39 is 0 Å². The maximum absolute atomic E-state index is 5.26. The van der Waals surface area contributed by atoms with E-state index in [1.165, 1.54) is 0 Å². The molecule has 0 amide bonds. The van der Waals surface area contributed by atoms with Crippen LogP contribution in [0.2, 0.25) is 0 Å². The second kappa shape index (κ2) is 12.5. The molecule has 0 fully saturated rings. The number of rotatable bonds is 6. The summed E-state index contributed by atoms with van der Waals surface area (Å²) in [6, 6.07) is 0. The van der Waals surface area contributed by atoms with E-state index in [0.717, 1.165) is 39.0 Å². The van der Waals surface area contributed by atoms with Crippen molar-refractivity contribution in [3.05, 3.63) is 5.32 Å². The SMILES string of the molecule is NCCC[N-]CCCN.[Na+]. The first-order valence-electron chi connectivity index (χ1n) is 3.45. The number of hydrogen-bond donors (Lipinski definition) is 2. The molecule has 3 nitrogen and oxygen atoms in total. The number of hydrogen-bond acceptors (Lipinski definition) is 2. The Hall–Kier alpha value is 0.880. The van der Waals surface area contributed by atoms with Crippen molar-refractivity contribution in [3.8, 4) is 0 Å². The minimum absolute atomic E-state index is 0. The van der Waals surface area contributed by atoms with E-state index in [9.17, 15) is 0 Å². The molecular weight excluding hydrogens is 137 g/mol. The van der Waals surface area contributed by atoms with Gasteiger partial charge in [-0.25, -0.2) is 0 Å². The zero-order valence-electron chi connectivity index (χ0n) is 6.84. The Labute approximate surface area is 85.2 Å². The summed E-state index contributed by atoms with van der Waals surface area (Å²) in [4.78, 5) is 0. The van der Waals surface area contributed by atoms with Gasteiger partial charge in [-0.05, 0) is 13.1 Å². The average Bonchev–Trinajstić information content (AvgIpc) is 1.89. The van der Waals surface area contributed by atoms with Crippen LogP contribution in [0.25, 0.3) is 5.32 Å². The molecule has 0 aromatic heterocycles. The van der Waals surface area contributed by atoms with E-state index in [1.807, 2.05) is 0 Å². The first kappa shape index (κ1) is 13.5. The summed E-state index contributed by atoms with van der Waals surface area (Å²) in [5.74, 6) is 0. The quantitative estimate of drug-likeness (QED) is 0.317. The van der Waals surface area contributed by atoms with E-state index >= 15 is 0 Å². The molecule has 0 heterocycles. The molecule has 0 aromatic rings. The van der Waals surface area contributed by atoms with Gasteiger partial charge in [0.2, 0.25) is 0 Å². The molecule has 0 aliphatic heterocycles. The number of nitrogens with two attached hydrogens (primary N) is 2. The Balaban J connectivity index is 0. The molecule has 0 rings (SSSR count). The van der Waals surface area contributed by atoms with E-state index in [4.69, 9.17) is 11.5 Å². The van der Waals surface area contributed by atoms with Gasteiger partial charge in [0.05, 0.1) is 0 Å². The van der Waals surface area contributed by atoms with Crippen LogP contribution in [0.15, 0.2) is 0 Å². The van der Waals surface area contributed by atoms with Crippen molar-refractivity contribution in [2.24, 2.45) is 11.5 Å². The maximum atomic E-state index is 5.26. The smallest absolute Gasteiger partial charge is 0.662 e. The van der Waals surface area contributed by atoms with Crippen molar-refractivity contribution in [2.45, 2.75) is 12.8 Å². The molecule has 0 aliphatic rings. The Kier molecular flexibility index (Phi) is 16.9. The molecule has 10 heavy (non-hydrogen) atoms. The molecule has 0 unspecified atom stereocenters. The summed E-state index contributed by atoms with van der Waals surface area (Å²) in [6.45, 7) is 3.28. The van der Waals surface area contributed by atoms with Gasteiger partial charge in [0.1, 0.15) is 0 Å². The minimum atomic E-state index is 0. The molecule has 56 valence electrons. The van der Waals surface area contributed by atoms with E-state index in [-0.39, 0.29) is 29.6 Å². The fourth-order valence-electron chi connectivity index (χ4n) is 0.518. The summed E-state index contributed by atoms with van der Waals surface area (Å²) in [6.07, 6.45) is 2.01. The predicted octanol–water partition coefficient (Wildman–Crippen LogP) is -2.94. The summed E-state index contributed by atoms with van der Waals surface area (Å²) in [5, 5.41) is 4.19.